The van der Waals surface area contributed by atoms with Crippen LogP contribution < -0.4 is 5.43 Å². The Labute approximate surface area is 122 Å². The quantitative estimate of drug-likeness (QED) is 0.682. The minimum atomic E-state index is -1.51. The first kappa shape index (κ1) is 14.7. The van der Waals surface area contributed by atoms with E-state index in [1.54, 1.807) is 0 Å². The van der Waals surface area contributed by atoms with Gasteiger partial charge in [0.1, 0.15) is 5.69 Å². The van der Waals surface area contributed by atoms with Gasteiger partial charge in [0.25, 0.3) is 5.69 Å². The fourth-order valence-corrected chi connectivity index (χ4v) is 1.88. The zero-order valence-electron chi connectivity index (χ0n) is 10.6. The van der Waals surface area contributed by atoms with Crippen molar-refractivity contribution in [2.75, 3.05) is 0 Å². The SMILES string of the molecule is Cc1cn(-c2ccc(Cl)cc2[N+](=O)[O-])nc(C(=O)O)c1=O. The van der Waals surface area contributed by atoms with Gasteiger partial charge in [0.05, 0.1) is 4.92 Å². The number of aromatic nitrogens is 2. The summed E-state index contributed by atoms with van der Waals surface area (Å²) in [6.07, 6.45) is 1.23. The van der Waals surface area contributed by atoms with Crippen LogP contribution in [0.2, 0.25) is 5.02 Å². The first-order valence-electron chi connectivity index (χ1n) is 5.59. The molecule has 0 atom stereocenters. The Kier molecular flexibility index (Phi) is 3.72. The highest BCUT2D eigenvalue weighted by Gasteiger charge is 2.20. The maximum atomic E-state index is 11.7. The highest BCUT2D eigenvalue weighted by molar-refractivity contribution is 6.30. The second-order valence-electron chi connectivity index (χ2n) is 4.13. The molecule has 0 aliphatic rings. The molecular weight excluding hydrogens is 302 g/mol. The molecule has 0 spiro atoms. The van der Waals surface area contributed by atoms with E-state index >= 15 is 0 Å². The molecule has 2 rings (SSSR count). The predicted molar refractivity (Wildman–Crippen MR) is 73.2 cm³/mol. The molecule has 0 radical (unpaired) electrons. The van der Waals surface area contributed by atoms with Crippen molar-refractivity contribution in [2.45, 2.75) is 6.92 Å². The van der Waals surface area contributed by atoms with Crippen LogP contribution in [-0.4, -0.2) is 25.8 Å². The lowest BCUT2D eigenvalue weighted by Gasteiger charge is -2.08. The summed E-state index contributed by atoms with van der Waals surface area (Å²) in [4.78, 5) is 33.0. The van der Waals surface area contributed by atoms with Crippen LogP contribution in [0, 0.1) is 17.0 Å². The van der Waals surface area contributed by atoms with Crippen molar-refractivity contribution in [2.24, 2.45) is 0 Å². The van der Waals surface area contributed by atoms with Crippen molar-refractivity contribution < 1.29 is 14.8 Å². The average Bonchev–Trinajstić information content (AvgIpc) is 2.41. The molecule has 1 aromatic carbocycles. The second-order valence-corrected chi connectivity index (χ2v) is 4.57. The lowest BCUT2D eigenvalue weighted by molar-refractivity contribution is -0.384. The normalized spacial score (nSPS) is 10.4. The van der Waals surface area contributed by atoms with Crippen molar-refractivity contribution in [3.63, 3.8) is 0 Å². The van der Waals surface area contributed by atoms with E-state index in [1.165, 1.54) is 25.3 Å². The van der Waals surface area contributed by atoms with Gasteiger partial charge < -0.3 is 5.11 Å². The molecule has 0 amide bonds. The number of hydrogen-bond donors (Lipinski definition) is 1. The number of aryl methyl sites for hydroxylation is 1. The molecule has 8 nitrogen and oxygen atoms in total. The lowest BCUT2D eigenvalue weighted by Crippen LogP contribution is -2.23. The molecule has 21 heavy (non-hydrogen) atoms. The molecule has 0 aliphatic carbocycles. The van der Waals surface area contributed by atoms with Gasteiger partial charge in [0.15, 0.2) is 0 Å². The number of carbonyl (C=O) groups is 1. The number of aromatic carboxylic acids is 1. The molecule has 0 unspecified atom stereocenters. The molecule has 0 bridgehead atoms. The molecule has 2 aromatic rings. The average molecular weight is 310 g/mol. The number of benzene rings is 1. The van der Waals surface area contributed by atoms with E-state index in [0.717, 1.165) is 10.7 Å². The minimum absolute atomic E-state index is 0.00926. The Balaban J connectivity index is 2.76. The first-order valence-corrected chi connectivity index (χ1v) is 5.97. The molecular formula is C12H8ClN3O5. The van der Waals surface area contributed by atoms with E-state index in [4.69, 9.17) is 16.7 Å². The molecule has 9 heteroatoms. The third-order valence-electron chi connectivity index (χ3n) is 2.68. The maximum absolute atomic E-state index is 11.7. The smallest absolute Gasteiger partial charge is 0.360 e. The second kappa shape index (κ2) is 5.33. The summed E-state index contributed by atoms with van der Waals surface area (Å²) < 4.78 is 0.981. The van der Waals surface area contributed by atoms with Crippen molar-refractivity contribution in [1.82, 2.24) is 9.78 Å². The number of nitrogens with zero attached hydrogens (tertiary/aromatic N) is 3. The van der Waals surface area contributed by atoms with Gasteiger partial charge >= 0.3 is 5.97 Å². The summed E-state index contributed by atoms with van der Waals surface area (Å²) in [6, 6.07) is 3.84. The topological polar surface area (TPSA) is 115 Å². The summed E-state index contributed by atoms with van der Waals surface area (Å²) in [5, 5.41) is 23.8. The van der Waals surface area contributed by atoms with Crippen LogP contribution in [0.1, 0.15) is 16.1 Å². The maximum Gasteiger partial charge on any atom is 0.360 e. The van der Waals surface area contributed by atoms with Gasteiger partial charge in [-0.25, -0.2) is 9.48 Å². The van der Waals surface area contributed by atoms with E-state index in [9.17, 15) is 19.7 Å². The zero-order chi connectivity index (χ0) is 15.7. The first-order chi connectivity index (χ1) is 9.81. The molecule has 0 fully saturated rings. The highest BCUT2D eigenvalue weighted by Crippen LogP contribution is 2.25. The number of halogens is 1. The summed E-state index contributed by atoms with van der Waals surface area (Å²) in [6.45, 7) is 1.40. The Morgan fingerprint density at radius 3 is 2.71 bits per heavy atom. The van der Waals surface area contributed by atoms with Gasteiger partial charge in [-0.1, -0.05) is 11.6 Å². The number of rotatable bonds is 3. The molecule has 1 heterocycles. The zero-order valence-corrected chi connectivity index (χ0v) is 11.4. The van der Waals surface area contributed by atoms with E-state index in [2.05, 4.69) is 5.10 Å². The molecule has 0 saturated carbocycles. The summed E-state index contributed by atoms with van der Waals surface area (Å²) in [7, 11) is 0. The standard InChI is InChI=1S/C12H8ClN3O5/c1-6-5-15(14-10(11(6)17)12(18)19)8-3-2-7(13)4-9(8)16(20)21/h2-5H,1H3,(H,18,19). The largest absolute Gasteiger partial charge is 0.476 e. The molecule has 1 aromatic heterocycles. The monoisotopic (exact) mass is 309 g/mol. The number of nitro benzene ring substituents is 1. The summed E-state index contributed by atoms with van der Waals surface area (Å²) >= 11 is 5.71. The minimum Gasteiger partial charge on any atom is -0.476 e. The number of carboxylic acids is 1. The van der Waals surface area contributed by atoms with Gasteiger partial charge in [-0.05, 0) is 19.1 Å². The summed E-state index contributed by atoms with van der Waals surface area (Å²) in [5.41, 5.74) is -1.69. The van der Waals surface area contributed by atoms with Crippen LogP contribution in [0.25, 0.3) is 5.69 Å². The number of carboxylic acid groups (broad SMARTS) is 1. The molecule has 0 aliphatic heterocycles. The molecule has 1 N–H and O–H groups in total. The predicted octanol–water partition coefficient (Wildman–Crippen LogP) is 1.80. The molecule has 108 valence electrons. The van der Waals surface area contributed by atoms with Gasteiger partial charge in [-0.2, -0.15) is 5.10 Å². The van der Waals surface area contributed by atoms with Gasteiger partial charge in [0, 0.05) is 22.8 Å². The van der Waals surface area contributed by atoms with Crippen molar-refractivity contribution in [3.05, 3.63) is 61.0 Å². The van der Waals surface area contributed by atoms with E-state index in [0.29, 0.717) is 0 Å². The van der Waals surface area contributed by atoms with E-state index < -0.39 is 22.0 Å². The van der Waals surface area contributed by atoms with Crippen LogP contribution in [0.15, 0.2) is 29.2 Å². The Morgan fingerprint density at radius 1 is 1.48 bits per heavy atom. The van der Waals surface area contributed by atoms with E-state index in [-0.39, 0.29) is 22.0 Å². The number of nitro groups is 1. The van der Waals surface area contributed by atoms with Crippen LogP contribution in [0.3, 0.4) is 0 Å². The fourth-order valence-electron chi connectivity index (χ4n) is 1.71. The van der Waals surface area contributed by atoms with E-state index in [1.807, 2.05) is 0 Å². The third kappa shape index (κ3) is 2.75. The van der Waals surface area contributed by atoms with Crippen molar-refractivity contribution in [3.8, 4) is 5.69 Å². The highest BCUT2D eigenvalue weighted by atomic mass is 35.5. The van der Waals surface area contributed by atoms with Gasteiger partial charge in [-0.15, -0.1) is 0 Å². The van der Waals surface area contributed by atoms with Gasteiger partial charge in [0.2, 0.25) is 11.1 Å². The lowest BCUT2D eigenvalue weighted by atomic mass is 10.2. The summed E-state index contributed by atoms with van der Waals surface area (Å²) in [5.74, 6) is -1.51. The van der Waals surface area contributed by atoms with Crippen molar-refractivity contribution in [1.29, 1.82) is 0 Å². The fraction of sp³-hybridized carbons (Fsp3) is 0.0833. The third-order valence-corrected chi connectivity index (χ3v) is 2.92. The Hall–Kier alpha value is -2.74. The number of hydrogen-bond acceptors (Lipinski definition) is 5. The van der Waals surface area contributed by atoms with Crippen LogP contribution in [-0.2, 0) is 0 Å². The Bertz CT molecular complexity index is 815. The molecule has 0 saturated heterocycles. The Morgan fingerprint density at radius 2 is 2.14 bits per heavy atom. The van der Waals surface area contributed by atoms with Crippen LogP contribution in [0.5, 0.6) is 0 Å². The van der Waals surface area contributed by atoms with Crippen molar-refractivity contribution >= 4 is 23.3 Å². The van der Waals surface area contributed by atoms with Crippen LogP contribution in [0.4, 0.5) is 5.69 Å². The van der Waals surface area contributed by atoms with Crippen LogP contribution >= 0.6 is 11.6 Å². The van der Waals surface area contributed by atoms with Gasteiger partial charge in [-0.3, -0.25) is 14.9 Å².